The van der Waals surface area contributed by atoms with Crippen molar-refractivity contribution in [2.24, 2.45) is 0 Å². The van der Waals surface area contributed by atoms with Crippen LogP contribution in [0.15, 0.2) is 29.2 Å². The van der Waals surface area contributed by atoms with Crippen molar-refractivity contribution in [1.82, 2.24) is 5.32 Å². The van der Waals surface area contributed by atoms with Gasteiger partial charge in [-0.05, 0) is 36.1 Å². The zero-order valence-electron chi connectivity index (χ0n) is 10.4. The lowest BCUT2D eigenvalue weighted by Crippen LogP contribution is -2.11. The molecule has 1 fully saturated rings. The molecule has 0 saturated carbocycles. The van der Waals surface area contributed by atoms with Gasteiger partial charge in [-0.1, -0.05) is 32.9 Å². The van der Waals surface area contributed by atoms with Crippen molar-refractivity contribution in [3.05, 3.63) is 29.8 Å². The molecule has 2 rings (SSSR count). The molecule has 1 aromatic carbocycles. The van der Waals surface area contributed by atoms with Crippen molar-refractivity contribution < 1.29 is 0 Å². The molecule has 16 heavy (non-hydrogen) atoms. The van der Waals surface area contributed by atoms with Gasteiger partial charge in [-0.2, -0.15) is 0 Å². The summed E-state index contributed by atoms with van der Waals surface area (Å²) in [6.07, 6.45) is 1.30. The van der Waals surface area contributed by atoms with E-state index in [1.54, 1.807) is 0 Å². The third kappa shape index (κ3) is 3.02. The fourth-order valence-corrected chi connectivity index (χ4v) is 3.07. The highest BCUT2D eigenvalue weighted by atomic mass is 32.2. The second-order valence-electron chi connectivity index (χ2n) is 5.51. The molecule has 1 aliphatic heterocycles. The summed E-state index contributed by atoms with van der Waals surface area (Å²) >= 11 is 2.01. The Kier molecular flexibility index (Phi) is 3.60. The highest BCUT2D eigenvalue weighted by molar-refractivity contribution is 8.00. The van der Waals surface area contributed by atoms with Crippen LogP contribution in [-0.2, 0) is 5.41 Å². The lowest BCUT2D eigenvalue weighted by atomic mass is 9.87. The van der Waals surface area contributed by atoms with Gasteiger partial charge in [0.2, 0.25) is 0 Å². The Bertz CT molecular complexity index is 331. The summed E-state index contributed by atoms with van der Waals surface area (Å²) in [5.41, 5.74) is 1.68. The Morgan fingerprint density at radius 1 is 1.19 bits per heavy atom. The minimum Gasteiger partial charge on any atom is -0.316 e. The van der Waals surface area contributed by atoms with Crippen molar-refractivity contribution in [1.29, 1.82) is 0 Å². The highest BCUT2D eigenvalue weighted by Crippen LogP contribution is 2.29. The van der Waals surface area contributed by atoms with Gasteiger partial charge in [-0.25, -0.2) is 0 Å². The maximum absolute atomic E-state index is 3.41. The van der Waals surface area contributed by atoms with E-state index in [-0.39, 0.29) is 5.41 Å². The normalized spacial score (nSPS) is 21.3. The summed E-state index contributed by atoms with van der Waals surface area (Å²) < 4.78 is 0. The first-order valence-corrected chi connectivity index (χ1v) is 6.91. The van der Waals surface area contributed by atoms with Crippen LogP contribution in [0.5, 0.6) is 0 Å². The maximum Gasteiger partial charge on any atom is 0.0231 e. The van der Waals surface area contributed by atoms with Crippen molar-refractivity contribution in [2.75, 3.05) is 13.1 Å². The predicted molar refractivity (Wildman–Crippen MR) is 72.3 cm³/mol. The Morgan fingerprint density at radius 2 is 1.88 bits per heavy atom. The smallest absolute Gasteiger partial charge is 0.0231 e. The monoisotopic (exact) mass is 235 g/mol. The van der Waals surface area contributed by atoms with Gasteiger partial charge in [-0.3, -0.25) is 0 Å². The molecule has 2 heteroatoms. The number of benzene rings is 1. The lowest BCUT2D eigenvalue weighted by Gasteiger charge is -2.19. The van der Waals surface area contributed by atoms with Crippen molar-refractivity contribution >= 4 is 11.8 Å². The van der Waals surface area contributed by atoms with Crippen LogP contribution < -0.4 is 5.32 Å². The topological polar surface area (TPSA) is 12.0 Å². The average molecular weight is 235 g/mol. The zero-order valence-corrected chi connectivity index (χ0v) is 11.2. The van der Waals surface area contributed by atoms with Crippen LogP contribution in [0.2, 0.25) is 0 Å². The minimum absolute atomic E-state index is 0.262. The molecule has 1 aliphatic rings. The van der Waals surface area contributed by atoms with E-state index in [9.17, 15) is 0 Å². The summed E-state index contributed by atoms with van der Waals surface area (Å²) in [5, 5.41) is 4.17. The molecule has 1 nitrogen and oxygen atoms in total. The van der Waals surface area contributed by atoms with Crippen LogP contribution in [0.4, 0.5) is 0 Å². The fraction of sp³-hybridized carbons (Fsp3) is 0.571. The molecule has 1 heterocycles. The zero-order chi connectivity index (χ0) is 11.6. The molecule has 0 aromatic heterocycles. The highest BCUT2D eigenvalue weighted by Gasteiger charge is 2.16. The van der Waals surface area contributed by atoms with Crippen LogP contribution >= 0.6 is 11.8 Å². The first-order valence-electron chi connectivity index (χ1n) is 6.03. The van der Waals surface area contributed by atoms with Crippen LogP contribution in [0.3, 0.4) is 0 Å². The lowest BCUT2D eigenvalue weighted by molar-refractivity contribution is 0.590. The molecule has 1 N–H and O–H groups in total. The fourth-order valence-electron chi connectivity index (χ4n) is 1.95. The average Bonchev–Trinajstić information content (AvgIpc) is 2.70. The molecule has 0 bridgehead atoms. The number of hydrogen-bond acceptors (Lipinski definition) is 2. The molecular formula is C14H21NS. The number of hydrogen-bond donors (Lipinski definition) is 1. The van der Waals surface area contributed by atoms with Gasteiger partial charge in [0.1, 0.15) is 0 Å². The van der Waals surface area contributed by atoms with Crippen LogP contribution in [0, 0.1) is 0 Å². The van der Waals surface area contributed by atoms with Gasteiger partial charge in [0, 0.05) is 16.7 Å². The largest absolute Gasteiger partial charge is 0.316 e. The Balaban J connectivity index is 2.01. The summed E-state index contributed by atoms with van der Waals surface area (Å²) in [4.78, 5) is 1.40. The van der Waals surface area contributed by atoms with Crippen LogP contribution in [0.25, 0.3) is 0 Å². The third-order valence-corrected chi connectivity index (χ3v) is 4.32. The number of rotatable bonds is 2. The number of nitrogens with one attached hydrogen (secondary N) is 1. The SMILES string of the molecule is CC(C)(C)c1ccc(SC2CCNC2)cc1. The molecule has 0 spiro atoms. The van der Waals surface area contributed by atoms with Gasteiger partial charge < -0.3 is 5.32 Å². The Labute approximate surface area is 103 Å². The van der Waals surface area contributed by atoms with E-state index in [1.165, 1.54) is 23.4 Å². The third-order valence-electron chi connectivity index (χ3n) is 3.04. The second kappa shape index (κ2) is 4.80. The first-order chi connectivity index (χ1) is 7.55. The summed E-state index contributed by atoms with van der Waals surface area (Å²) in [6, 6.07) is 9.07. The molecule has 1 aromatic rings. The minimum atomic E-state index is 0.262. The van der Waals surface area contributed by atoms with E-state index >= 15 is 0 Å². The van der Waals surface area contributed by atoms with Crippen LogP contribution in [-0.4, -0.2) is 18.3 Å². The predicted octanol–water partition coefficient (Wildman–Crippen LogP) is 3.44. The quantitative estimate of drug-likeness (QED) is 0.843. The second-order valence-corrected chi connectivity index (χ2v) is 6.88. The van der Waals surface area contributed by atoms with E-state index in [0.29, 0.717) is 0 Å². The summed E-state index contributed by atoms with van der Waals surface area (Å²) in [6.45, 7) is 9.12. The maximum atomic E-state index is 3.41. The first kappa shape index (κ1) is 12.0. The van der Waals surface area contributed by atoms with E-state index in [1.807, 2.05) is 11.8 Å². The molecule has 1 atom stereocenters. The van der Waals surface area contributed by atoms with Crippen molar-refractivity contribution in [3.63, 3.8) is 0 Å². The van der Waals surface area contributed by atoms with E-state index in [0.717, 1.165) is 11.8 Å². The van der Waals surface area contributed by atoms with E-state index in [4.69, 9.17) is 0 Å². The van der Waals surface area contributed by atoms with E-state index < -0.39 is 0 Å². The van der Waals surface area contributed by atoms with Crippen molar-refractivity contribution in [2.45, 2.75) is 42.8 Å². The van der Waals surface area contributed by atoms with Gasteiger partial charge >= 0.3 is 0 Å². The van der Waals surface area contributed by atoms with E-state index in [2.05, 4.69) is 50.4 Å². The van der Waals surface area contributed by atoms with Crippen LogP contribution in [0.1, 0.15) is 32.8 Å². The molecule has 88 valence electrons. The molecule has 1 unspecified atom stereocenters. The molecular weight excluding hydrogens is 214 g/mol. The molecule has 0 radical (unpaired) electrons. The summed E-state index contributed by atoms with van der Waals surface area (Å²) in [7, 11) is 0. The van der Waals surface area contributed by atoms with Gasteiger partial charge in [0.25, 0.3) is 0 Å². The molecule has 1 saturated heterocycles. The van der Waals surface area contributed by atoms with Gasteiger partial charge in [-0.15, -0.1) is 11.8 Å². The Hall–Kier alpha value is -0.470. The van der Waals surface area contributed by atoms with Crippen molar-refractivity contribution in [3.8, 4) is 0 Å². The number of thioether (sulfide) groups is 1. The Morgan fingerprint density at radius 3 is 2.38 bits per heavy atom. The van der Waals surface area contributed by atoms with Gasteiger partial charge in [0.15, 0.2) is 0 Å². The standard InChI is InChI=1S/C14H21NS/c1-14(2,3)11-4-6-12(7-5-11)16-13-8-9-15-10-13/h4-7,13,15H,8-10H2,1-3H3. The van der Waals surface area contributed by atoms with Gasteiger partial charge in [0.05, 0.1) is 0 Å². The molecule has 0 aliphatic carbocycles. The summed E-state index contributed by atoms with van der Waals surface area (Å²) in [5.74, 6) is 0. The molecule has 0 amide bonds.